The van der Waals surface area contributed by atoms with Gasteiger partial charge in [0.2, 0.25) is 0 Å². The van der Waals surface area contributed by atoms with Crippen molar-refractivity contribution in [2.45, 2.75) is 0 Å². The van der Waals surface area contributed by atoms with Gasteiger partial charge in [-0.25, -0.2) is 0 Å². The van der Waals surface area contributed by atoms with E-state index in [2.05, 4.69) is 132 Å². The van der Waals surface area contributed by atoms with Crippen LogP contribution in [0.5, 0.6) is 0 Å². The summed E-state index contributed by atoms with van der Waals surface area (Å²) in [5.74, 6) is 0. The highest BCUT2D eigenvalue weighted by atomic mass is 32.1. The molecule has 2 heteroatoms. The third-order valence-electron chi connectivity index (χ3n) is 6.62. The van der Waals surface area contributed by atoms with Crippen LogP contribution in [-0.2, 0) is 0 Å². The largest absolute Gasteiger partial charge is 0.310 e. The van der Waals surface area contributed by atoms with Crippen molar-refractivity contribution in [1.82, 2.24) is 0 Å². The zero-order chi connectivity index (χ0) is 22.5. The number of nitrogens with zero attached hydrogens (tertiary/aromatic N) is 1. The van der Waals surface area contributed by atoms with Crippen LogP contribution in [0.15, 0.2) is 127 Å². The first-order chi connectivity index (χ1) is 16.9. The summed E-state index contributed by atoms with van der Waals surface area (Å²) in [5.41, 5.74) is 3.51. The third kappa shape index (κ3) is 3.00. The molecule has 6 aromatic carbocycles. The molecular formula is C32H21NS. The van der Waals surface area contributed by atoms with Gasteiger partial charge in [0.05, 0.1) is 5.69 Å². The monoisotopic (exact) mass is 451 g/mol. The Hall–Kier alpha value is -4.14. The summed E-state index contributed by atoms with van der Waals surface area (Å²) in [6.45, 7) is 0. The van der Waals surface area contributed by atoms with E-state index in [-0.39, 0.29) is 0 Å². The average molecular weight is 452 g/mol. The highest BCUT2D eigenvalue weighted by Crippen LogP contribution is 2.43. The molecule has 0 atom stereocenters. The molecule has 0 spiro atoms. The van der Waals surface area contributed by atoms with Gasteiger partial charge in [-0.05, 0) is 58.6 Å². The second-order valence-electron chi connectivity index (χ2n) is 8.61. The molecule has 0 aliphatic rings. The van der Waals surface area contributed by atoms with Gasteiger partial charge in [0.15, 0.2) is 0 Å². The minimum Gasteiger partial charge on any atom is -0.310 e. The number of thiophene rings is 1. The smallest absolute Gasteiger partial charge is 0.0540 e. The zero-order valence-corrected chi connectivity index (χ0v) is 19.3. The Bertz CT molecular complexity index is 1810. The Labute approximate surface area is 202 Å². The second-order valence-corrected chi connectivity index (χ2v) is 9.70. The maximum Gasteiger partial charge on any atom is 0.0540 e. The van der Waals surface area contributed by atoms with Crippen molar-refractivity contribution >= 4 is 70.1 Å². The van der Waals surface area contributed by atoms with Crippen LogP contribution >= 0.6 is 11.3 Å². The molecule has 0 N–H and O–H groups in total. The molecule has 34 heavy (non-hydrogen) atoms. The number of hydrogen-bond acceptors (Lipinski definition) is 2. The van der Waals surface area contributed by atoms with E-state index in [1.807, 2.05) is 11.3 Å². The van der Waals surface area contributed by atoms with Crippen LogP contribution in [0.2, 0.25) is 0 Å². The number of rotatable bonds is 3. The second kappa shape index (κ2) is 7.72. The molecule has 1 nitrogen and oxygen atoms in total. The zero-order valence-electron chi connectivity index (χ0n) is 18.5. The first-order valence-corrected chi connectivity index (χ1v) is 12.4. The highest BCUT2D eigenvalue weighted by molar-refractivity contribution is 7.26. The van der Waals surface area contributed by atoms with E-state index in [9.17, 15) is 0 Å². The lowest BCUT2D eigenvalue weighted by Gasteiger charge is -2.27. The highest BCUT2D eigenvalue weighted by Gasteiger charge is 2.17. The molecule has 160 valence electrons. The van der Waals surface area contributed by atoms with Crippen molar-refractivity contribution in [2.75, 3.05) is 4.90 Å². The van der Waals surface area contributed by atoms with Crippen molar-refractivity contribution in [3.05, 3.63) is 127 Å². The van der Waals surface area contributed by atoms with Crippen LogP contribution in [0.1, 0.15) is 0 Å². The van der Waals surface area contributed by atoms with E-state index in [0.29, 0.717) is 0 Å². The molecule has 1 heterocycles. The normalized spacial score (nSPS) is 11.5. The van der Waals surface area contributed by atoms with E-state index in [4.69, 9.17) is 0 Å². The van der Waals surface area contributed by atoms with E-state index in [1.165, 1.54) is 53.1 Å². The summed E-state index contributed by atoms with van der Waals surface area (Å²) >= 11 is 1.87. The Balaban J connectivity index is 1.54. The van der Waals surface area contributed by atoms with Gasteiger partial charge in [0, 0.05) is 36.9 Å². The number of fused-ring (bicyclic) bond motifs is 6. The van der Waals surface area contributed by atoms with Gasteiger partial charge in [-0.3, -0.25) is 0 Å². The summed E-state index contributed by atoms with van der Waals surface area (Å²) in [6.07, 6.45) is 0. The average Bonchev–Trinajstić information content (AvgIpc) is 3.28. The SMILES string of the molecule is c1ccc(N(c2ccc3sc4ccc5ccccc5c4c3c2)c2cccc3ccccc23)cc1. The fourth-order valence-electron chi connectivity index (χ4n) is 5.08. The molecule has 0 fully saturated rings. The van der Waals surface area contributed by atoms with Gasteiger partial charge >= 0.3 is 0 Å². The summed E-state index contributed by atoms with van der Waals surface area (Å²) in [6, 6.07) is 46.0. The van der Waals surface area contributed by atoms with Crippen LogP contribution in [-0.4, -0.2) is 0 Å². The quantitative estimate of drug-likeness (QED) is 0.258. The standard InChI is InChI=1S/C32H21NS/c1-2-12-24(13-3-1)33(29-16-8-11-22-9-4-6-14-26(22)29)25-18-20-30-28(21-25)32-27-15-7-5-10-23(27)17-19-31(32)34-30/h1-21H. The van der Waals surface area contributed by atoms with Crippen LogP contribution in [0, 0.1) is 0 Å². The van der Waals surface area contributed by atoms with Crippen molar-refractivity contribution < 1.29 is 0 Å². The first-order valence-electron chi connectivity index (χ1n) is 11.5. The van der Waals surface area contributed by atoms with Gasteiger partial charge in [-0.15, -0.1) is 11.3 Å². The maximum atomic E-state index is 2.39. The van der Waals surface area contributed by atoms with Crippen molar-refractivity contribution in [3.63, 3.8) is 0 Å². The molecule has 0 aliphatic heterocycles. The van der Waals surface area contributed by atoms with Gasteiger partial charge in [-0.1, -0.05) is 84.9 Å². The maximum absolute atomic E-state index is 2.39. The van der Waals surface area contributed by atoms with Crippen LogP contribution in [0.25, 0.3) is 41.7 Å². The molecule has 0 saturated carbocycles. The van der Waals surface area contributed by atoms with Gasteiger partial charge < -0.3 is 4.90 Å². The molecule has 1 aromatic heterocycles. The lowest BCUT2D eigenvalue weighted by Crippen LogP contribution is -2.10. The van der Waals surface area contributed by atoms with Gasteiger partial charge in [-0.2, -0.15) is 0 Å². The summed E-state index contributed by atoms with van der Waals surface area (Å²) in [4.78, 5) is 2.39. The number of anilines is 3. The summed E-state index contributed by atoms with van der Waals surface area (Å²) in [5, 5.41) is 7.76. The lowest BCUT2D eigenvalue weighted by atomic mass is 10.0. The van der Waals surface area contributed by atoms with Gasteiger partial charge in [0.25, 0.3) is 0 Å². The minimum absolute atomic E-state index is 1.16. The number of hydrogen-bond donors (Lipinski definition) is 0. The molecule has 0 amide bonds. The van der Waals surface area contributed by atoms with E-state index >= 15 is 0 Å². The molecule has 7 rings (SSSR count). The molecule has 0 saturated heterocycles. The Morgan fingerprint density at radius 2 is 1.12 bits per heavy atom. The predicted octanol–water partition coefficient (Wildman–Crippen LogP) is 9.83. The fourth-order valence-corrected chi connectivity index (χ4v) is 6.18. The molecule has 0 aliphatic carbocycles. The molecule has 0 radical (unpaired) electrons. The molecular weight excluding hydrogens is 430 g/mol. The molecule has 7 aromatic rings. The van der Waals surface area contributed by atoms with E-state index in [1.54, 1.807) is 0 Å². The van der Waals surface area contributed by atoms with Crippen LogP contribution in [0.3, 0.4) is 0 Å². The van der Waals surface area contributed by atoms with Crippen LogP contribution < -0.4 is 4.90 Å². The van der Waals surface area contributed by atoms with E-state index < -0.39 is 0 Å². The Kier molecular flexibility index (Phi) is 4.39. The summed E-state index contributed by atoms with van der Waals surface area (Å²) < 4.78 is 2.66. The topological polar surface area (TPSA) is 3.24 Å². The number of benzene rings is 6. The Morgan fingerprint density at radius 1 is 0.441 bits per heavy atom. The summed E-state index contributed by atoms with van der Waals surface area (Å²) in [7, 11) is 0. The Morgan fingerprint density at radius 3 is 1.97 bits per heavy atom. The lowest BCUT2D eigenvalue weighted by molar-refractivity contribution is 1.30. The van der Waals surface area contributed by atoms with Crippen molar-refractivity contribution in [3.8, 4) is 0 Å². The first kappa shape index (κ1) is 19.3. The van der Waals surface area contributed by atoms with Crippen molar-refractivity contribution in [2.24, 2.45) is 0 Å². The predicted molar refractivity (Wildman–Crippen MR) is 149 cm³/mol. The van der Waals surface area contributed by atoms with Gasteiger partial charge in [0.1, 0.15) is 0 Å². The number of para-hydroxylation sites is 1. The minimum atomic E-state index is 1.16. The third-order valence-corrected chi connectivity index (χ3v) is 7.76. The van der Waals surface area contributed by atoms with Crippen molar-refractivity contribution in [1.29, 1.82) is 0 Å². The molecule has 0 bridgehead atoms. The fraction of sp³-hybridized carbons (Fsp3) is 0. The van der Waals surface area contributed by atoms with E-state index in [0.717, 1.165) is 5.69 Å². The molecule has 0 unspecified atom stereocenters. The van der Waals surface area contributed by atoms with Crippen LogP contribution in [0.4, 0.5) is 17.1 Å².